The highest BCUT2D eigenvalue weighted by atomic mass is 35.5. The lowest BCUT2D eigenvalue weighted by atomic mass is 10.0. The summed E-state index contributed by atoms with van der Waals surface area (Å²) in [4.78, 5) is 0. The Morgan fingerprint density at radius 2 is 1.40 bits per heavy atom. The van der Waals surface area contributed by atoms with E-state index in [1.54, 1.807) is 32.4 Å². The van der Waals surface area contributed by atoms with Crippen LogP contribution >= 0.6 is 34.8 Å². The molecule has 106 valence electrons. The van der Waals surface area contributed by atoms with Gasteiger partial charge in [-0.05, 0) is 35.4 Å². The van der Waals surface area contributed by atoms with E-state index in [1.807, 2.05) is 18.2 Å². The van der Waals surface area contributed by atoms with Crippen LogP contribution in [-0.4, -0.2) is 14.2 Å². The predicted molar refractivity (Wildman–Crippen MR) is 83.7 cm³/mol. The molecule has 1 unspecified atom stereocenters. The zero-order valence-electron chi connectivity index (χ0n) is 11.0. The first-order valence-corrected chi connectivity index (χ1v) is 7.06. The fourth-order valence-corrected chi connectivity index (χ4v) is 2.41. The minimum absolute atomic E-state index is 0.367. The number of hydrogen-bond acceptors (Lipinski definition) is 2. The normalized spacial score (nSPS) is 12.1. The summed E-state index contributed by atoms with van der Waals surface area (Å²) in [6.45, 7) is 0. The van der Waals surface area contributed by atoms with Gasteiger partial charge in [-0.2, -0.15) is 0 Å². The van der Waals surface area contributed by atoms with Gasteiger partial charge in [-0.1, -0.05) is 29.3 Å². The maximum Gasteiger partial charge on any atom is 0.122 e. The Balaban J connectivity index is 2.41. The second kappa shape index (κ2) is 6.57. The van der Waals surface area contributed by atoms with Crippen molar-refractivity contribution in [1.29, 1.82) is 0 Å². The number of hydrogen-bond donors (Lipinski definition) is 0. The summed E-state index contributed by atoms with van der Waals surface area (Å²) >= 11 is 18.4. The van der Waals surface area contributed by atoms with Gasteiger partial charge in [-0.25, -0.2) is 0 Å². The van der Waals surface area contributed by atoms with Gasteiger partial charge < -0.3 is 9.47 Å². The molecule has 20 heavy (non-hydrogen) atoms. The van der Waals surface area contributed by atoms with Crippen LogP contribution in [0.2, 0.25) is 10.0 Å². The number of alkyl halides is 1. The van der Waals surface area contributed by atoms with Crippen molar-refractivity contribution in [2.45, 2.75) is 5.38 Å². The van der Waals surface area contributed by atoms with Crippen molar-refractivity contribution < 1.29 is 9.47 Å². The third kappa shape index (κ3) is 3.32. The fourth-order valence-electron chi connectivity index (χ4n) is 1.84. The summed E-state index contributed by atoms with van der Waals surface area (Å²) in [6, 6.07) is 10.9. The van der Waals surface area contributed by atoms with Crippen LogP contribution in [0.25, 0.3) is 0 Å². The van der Waals surface area contributed by atoms with Crippen molar-refractivity contribution in [3.05, 3.63) is 57.6 Å². The smallest absolute Gasteiger partial charge is 0.122 e. The van der Waals surface area contributed by atoms with Gasteiger partial charge in [0.25, 0.3) is 0 Å². The largest absolute Gasteiger partial charge is 0.497 e. The first-order valence-electron chi connectivity index (χ1n) is 5.87. The summed E-state index contributed by atoms with van der Waals surface area (Å²) in [5.74, 6) is 1.37. The molecule has 0 aliphatic rings. The van der Waals surface area contributed by atoms with Crippen molar-refractivity contribution in [3.63, 3.8) is 0 Å². The Kier molecular flexibility index (Phi) is 5.03. The van der Waals surface area contributed by atoms with Crippen molar-refractivity contribution >= 4 is 34.8 Å². The minimum atomic E-state index is -0.367. The second-order valence-corrected chi connectivity index (χ2v) is 5.43. The molecule has 0 radical (unpaired) electrons. The molecule has 0 saturated carbocycles. The van der Waals surface area contributed by atoms with Gasteiger partial charge >= 0.3 is 0 Å². The second-order valence-electron chi connectivity index (χ2n) is 4.18. The van der Waals surface area contributed by atoms with E-state index in [9.17, 15) is 0 Å². The van der Waals surface area contributed by atoms with Gasteiger partial charge in [-0.3, -0.25) is 0 Å². The molecule has 1 atom stereocenters. The van der Waals surface area contributed by atoms with Gasteiger partial charge in [0.2, 0.25) is 0 Å². The number of halogens is 3. The molecule has 2 aromatic rings. The first kappa shape index (κ1) is 15.3. The fraction of sp³-hybridized carbons (Fsp3) is 0.200. The van der Waals surface area contributed by atoms with Crippen molar-refractivity contribution in [2.24, 2.45) is 0 Å². The lowest BCUT2D eigenvalue weighted by Gasteiger charge is -2.14. The van der Waals surface area contributed by atoms with Gasteiger partial charge in [0.1, 0.15) is 11.5 Å². The van der Waals surface area contributed by atoms with E-state index >= 15 is 0 Å². The topological polar surface area (TPSA) is 18.5 Å². The standard InChI is InChI=1S/C15H13Cl3O2/c1-19-11-5-10(6-12(8-11)20-2)15(18)9-3-4-13(16)14(17)7-9/h3-8,15H,1-2H3. The summed E-state index contributed by atoms with van der Waals surface area (Å²) in [5, 5.41) is 0.612. The maximum atomic E-state index is 6.50. The minimum Gasteiger partial charge on any atom is -0.497 e. The molecule has 0 aromatic heterocycles. The third-order valence-corrected chi connectivity index (χ3v) is 4.15. The van der Waals surface area contributed by atoms with Crippen LogP contribution in [0.3, 0.4) is 0 Å². The van der Waals surface area contributed by atoms with Crippen molar-refractivity contribution in [1.82, 2.24) is 0 Å². The Morgan fingerprint density at radius 3 is 1.90 bits per heavy atom. The molecule has 5 heteroatoms. The zero-order valence-corrected chi connectivity index (χ0v) is 13.3. The average Bonchev–Trinajstić information content (AvgIpc) is 2.48. The van der Waals surface area contributed by atoms with Crippen LogP contribution in [0.4, 0.5) is 0 Å². The van der Waals surface area contributed by atoms with E-state index in [4.69, 9.17) is 44.3 Å². The first-order chi connectivity index (χ1) is 9.55. The highest BCUT2D eigenvalue weighted by Gasteiger charge is 2.14. The molecule has 0 aliphatic heterocycles. The Morgan fingerprint density at radius 1 is 0.800 bits per heavy atom. The molecule has 0 heterocycles. The molecule has 0 fully saturated rings. The maximum absolute atomic E-state index is 6.50. The lowest BCUT2D eigenvalue weighted by Crippen LogP contribution is -1.96. The molecular weight excluding hydrogens is 319 g/mol. The molecule has 0 amide bonds. The molecule has 2 aromatic carbocycles. The third-order valence-electron chi connectivity index (χ3n) is 2.90. The van der Waals surface area contributed by atoms with Crippen LogP contribution in [0.5, 0.6) is 11.5 Å². The summed E-state index contributed by atoms with van der Waals surface area (Å²) < 4.78 is 10.5. The number of methoxy groups -OCH3 is 2. The van der Waals surface area contributed by atoms with Crippen LogP contribution < -0.4 is 9.47 Å². The highest BCUT2D eigenvalue weighted by molar-refractivity contribution is 6.42. The van der Waals surface area contributed by atoms with Crippen molar-refractivity contribution in [3.8, 4) is 11.5 Å². The Bertz CT molecular complexity index is 592. The molecule has 0 bridgehead atoms. The lowest BCUT2D eigenvalue weighted by molar-refractivity contribution is 0.393. The zero-order chi connectivity index (χ0) is 14.7. The van der Waals surface area contributed by atoms with Crippen LogP contribution in [0.1, 0.15) is 16.5 Å². The van der Waals surface area contributed by atoms with Crippen LogP contribution in [0, 0.1) is 0 Å². The van der Waals surface area contributed by atoms with Gasteiger partial charge in [0.05, 0.1) is 29.6 Å². The quantitative estimate of drug-likeness (QED) is 0.704. The number of ether oxygens (including phenoxy) is 2. The molecular formula is C15H13Cl3O2. The Labute approximate surface area is 133 Å². The molecule has 2 rings (SSSR count). The monoisotopic (exact) mass is 330 g/mol. The molecule has 2 nitrogen and oxygen atoms in total. The van der Waals surface area contributed by atoms with Gasteiger partial charge in [-0.15, -0.1) is 11.6 Å². The van der Waals surface area contributed by atoms with E-state index in [2.05, 4.69) is 0 Å². The molecule has 0 N–H and O–H groups in total. The van der Waals surface area contributed by atoms with E-state index in [-0.39, 0.29) is 5.38 Å². The van der Waals surface area contributed by atoms with Crippen LogP contribution in [0.15, 0.2) is 36.4 Å². The highest BCUT2D eigenvalue weighted by Crippen LogP contribution is 2.36. The van der Waals surface area contributed by atoms with Gasteiger partial charge in [0.15, 0.2) is 0 Å². The van der Waals surface area contributed by atoms with E-state index in [1.165, 1.54) is 0 Å². The summed E-state index contributed by atoms with van der Waals surface area (Å²) in [5.41, 5.74) is 1.72. The molecule has 0 aliphatic carbocycles. The molecule has 0 spiro atoms. The predicted octanol–water partition coefficient (Wildman–Crippen LogP) is 5.34. The summed E-state index contributed by atoms with van der Waals surface area (Å²) in [7, 11) is 3.20. The van der Waals surface area contributed by atoms with Gasteiger partial charge in [0, 0.05) is 6.07 Å². The molecule has 0 saturated heterocycles. The average molecular weight is 332 g/mol. The Hall–Kier alpha value is -1.09. The van der Waals surface area contributed by atoms with E-state index in [0.717, 1.165) is 11.1 Å². The summed E-state index contributed by atoms with van der Waals surface area (Å²) in [6.07, 6.45) is 0. The number of benzene rings is 2. The SMILES string of the molecule is COc1cc(OC)cc(C(Cl)c2ccc(Cl)c(Cl)c2)c1. The number of rotatable bonds is 4. The van der Waals surface area contributed by atoms with Crippen molar-refractivity contribution in [2.75, 3.05) is 14.2 Å². The van der Waals surface area contributed by atoms with Crippen LogP contribution in [-0.2, 0) is 0 Å². The van der Waals surface area contributed by atoms with E-state index in [0.29, 0.717) is 21.5 Å². The van der Waals surface area contributed by atoms with E-state index < -0.39 is 0 Å².